The molecular weight excluding hydrogens is 184 g/mol. The van der Waals surface area contributed by atoms with E-state index < -0.39 is 16.8 Å². The average Bonchev–Trinajstić information content (AvgIpc) is 1.84. The molecule has 0 aromatic carbocycles. The molecule has 0 aliphatic carbocycles. The molecule has 64 valence electrons. The SMILES string of the molecule is CC(Cl)(C=O)C(=O)C(F)(F)F. The zero-order valence-electron chi connectivity index (χ0n) is 5.41. The lowest BCUT2D eigenvalue weighted by Crippen LogP contribution is -2.41. The highest BCUT2D eigenvalue weighted by Crippen LogP contribution is 2.26. The van der Waals surface area contributed by atoms with Crippen LogP contribution in [0.1, 0.15) is 6.92 Å². The van der Waals surface area contributed by atoms with Crippen LogP contribution >= 0.6 is 11.6 Å². The minimum absolute atomic E-state index is 0.246. The molecule has 11 heavy (non-hydrogen) atoms. The molecule has 0 aliphatic heterocycles. The quantitative estimate of drug-likeness (QED) is 0.372. The summed E-state index contributed by atoms with van der Waals surface area (Å²) >= 11 is 4.92. The Bertz CT molecular complexity index is 185. The lowest BCUT2D eigenvalue weighted by Gasteiger charge is -2.14. The summed E-state index contributed by atoms with van der Waals surface area (Å²) in [5, 5.41) is 0. The van der Waals surface area contributed by atoms with E-state index in [0.717, 1.165) is 0 Å². The van der Waals surface area contributed by atoms with E-state index in [4.69, 9.17) is 11.6 Å². The maximum Gasteiger partial charge on any atom is 0.452 e. The van der Waals surface area contributed by atoms with Gasteiger partial charge in [0.05, 0.1) is 0 Å². The van der Waals surface area contributed by atoms with Crippen LogP contribution in [-0.4, -0.2) is 23.1 Å². The molecular formula is C5H4ClF3O2. The van der Waals surface area contributed by atoms with E-state index in [1.165, 1.54) is 0 Å². The van der Waals surface area contributed by atoms with Gasteiger partial charge in [-0.15, -0.1) is 11.6 Å². The molecule has 0 heterocycles. The van der Waals surface area contributed by atoms with Gasteiger partial charge < -0.3 is 4.79 Å². The van der Waals surface area contributed by atoms with Crippen LogP contribution in [0.2, 0.25) is 0 Å². The second-order valence-electron chi connectivity index (χ2n) is 2.02. The molecule has 0 spiro atoms. The number of hydrogen-bond donors (Lipinski definition) is 0. The lowest BCUT2D eigenvalue weighted by atomic mass is 10.1. The van der Waals surface area contributed by atoms with Crippen LogP contribution < -0.4 is 0 Å². The van der Waals surface area contributed by atoms with E-state index in [-0.39, 0.29) is 6.29 Å². The monoisotopic (exact) mass is 188 g/mol. The Balaban J connectivity index is 4.63. The normalized spacial score (nSPS) is 17.2. The third-order valence-corrected chi connectivity index (χ3v) is 1.18. The standard InChI is InChI=1S/C5H4ClF3O2/c1-4(6,2-10)3(11)5(7,8)9/h2H,1H3. The third kappa shape index (κ3) is 2.49. The maximum atomic E-state index is 11.5. The number of Topliss-reactive ketones (excluding diaryl/α,β-unsaturated/α-hetero) is 1. The number of hydrogen-bond acceptors (Lipinski definition) is 2. The second-order valence-corrected chi connectivity index (χ2v) is 2.81. The zero-order chi connectivity index (χ0) is 9.28. The summed E-state index contributed by atoms with van der Waals surface area (Å²) in [6.07, 6.45) is -5.30. The molecule has 2 nitrogen and oxygen atoms in total. The Morgan fingerprint density at radius 2 is 1.82 bits per heavy atom. The summed E-state index contributed by atoms with van der Waals surface area (Å²) in [6, 6.07) is 0. The van der Waals surface area contributed by atoms with Crippen molar-refractivity contribution in [2.45, 2.75) is 18.0 Å². The van der Waals surface area contributed by atoms with Gasteiger partial charge in [-0.25, -0.2) is 0 Å². The van der Waals surface area contributed by atoms with Crippen molar-refractivity contribution in [3.05, 3.63) is 0 Å². The first-order valence-electron chi connectivity index (χ1n) is 2.48. The number of rotatable bonds is 2. The lowest BCUT2D eigenvalue weighted by molar-refractivity contribution is -0.173. The number of halogens is 4. The van der Waals surface area contributed by atoms with E-state index in [0.29, 0.717) is 6.92 Å². The van der Waals surface area contributed by atoms with Gasteiger partial charge in [-0.3, -0.25) is 4.79 Å². The predicted molar refractivity (Wildman–Crippen MR) is 31.4 cm³/mol. The molecule has 0 saturated heterocycles. The third-order valence-electron chi connectivity index (χ3n) is 0.923. The van der Waals surface area contributed by atoms with Crippen molar-refractivity contribution in [1.29, 1.82) is 0 Å². The fraction of sp³-hybridized carbons (Fsp3) is 0.600. The van der Waals surface area contributed by atoms with Crippen molar-refractivity contribution in [3.63, 3.8) is 0 Å². The van der Waals surface area contributed by atoms with Gasteiger partial charge in [0.1, 0.15) is 6.29 Å². The van der Waals surface area contributed by atoms with Gasteiger partial charge in [-0.2, -0.15) is 13.2 Å². The number of ketones is 1. The Hall–Kier alpha value is -0.580. The Labute approximate surface area is 65.3 Å². The van der Waals surface area contributed by atoms with Crippen molar-refractivity contribution in [1.82, 2.24) is 0 Å². The van der Waals surface area contributed by atoms with E-state index in [1.54, 1.807) is 0 Å². The largest absolute Gasteiger partial charge is 0.452 e. The number of aldehydes is 1. The van der Waals surface area contributed by atoms with Gasteiger partial charge in [0.15, 0.2) is 4.87 Å². The Morgan fingerprint density at radius 1 is 1.45 bits per heavy atom. The molecule has 0 saturated carbocycles. The van der Waals surface area contributed by atoms with Crippen molar-refractivity contribution < 1.29 is 22.8 Å². The first kappa shape index (κ1) is 10.4. The summed E-state index contributed by atoms with van der Waals surface area (Å²) in [5.74, 6) is -2.25. The summed E-state index contributed by atoms with van der Waals surface area (Å²) in [6.45, 7) is 0.692. The molecule has 1 unspecified atom stereocenters. The van der Waals surface area contributed by atoms with Crippen molar-refractivity contribution in [2.75, 3.05) is 0 Å². The number of alkyl halides is 4. The van der Waals surface area contributed by atoms with Gasteiger partial charge >= 0.3 is 6.18 Å². The first-order chi connectivity index (χ1) is 4.72. The second kappa shape index (κ2) is 2.81. The van der Waals surface area contributed by atoms with Gasteiger partial charge in [0, 0.05) is 0 Å². The first-order valence-corrected chi connectivity index (χ1v) is 2.86. The molecule has 0 bridgehead atoms. The topological polar surface area (TPSA) is 34.1 Å². The summed E-state index contributed by atoms with van der Waals surface area (Å²) < 4.78 is 34.6. The molecule has 0 fully saturated rings. The Kier molecular flexibility index (Phi) is 2.66. The highest BCUT2D eigenvalue weighted by Gasteiger charge is 2.49. The minimum Gasteiger partial charge on any atom is -0.301 e. The van der Waals surface area contributed by atoms with Crippen molar-refractivity contribution >= 4 is 23.7 Å². The van der Waals surface area contributed by atoms with Crippen molar-refractivity contribution in [3.8, 4) is 0 Å². The average molecular weight is 189 g/mol. The number of carbonyl (C=O) groups is 2. The van der Waals surface area contributed by atoms with E-state index in [2.05, 4.69) is 0 Å². The molecule has 0 rings (SSSR count). The Morgan fingerprint density at radius 3 is 1.91 bits per heavy atom. The molecule has 0 N–H and O–H groups in total. The van der Waals surface area contributed by atoms with Crippen molar-refractivity contribution in [2.24, 2.45) is 0 Å². The van der Waals surface area contributed by atoms with Crippen LogP contribution in [0.3, 0.4) is 0 Å². The highest BCUT2D eigenvalue weighted by molar-refractivity contribution is 6.43. The molecule has 1 atom stereocenters. The molecule has 0 aromatic rings. The van der Waals surface area contributed by atoms with E-state index >= 15 is 0 Å². The summed E-state index contributed by atoms with van der Waals surface area (Å²) in [5.41, 5.74) is 0. The molecule has 0 aliphatic rings. The smallest absolute Gasteiger partial charge is 0.301 e. The minimum atomic E-state index is -5.06. The summed E-state index contributed by atoms with van der Waals surface area (Å²) in [7, 11) is 0. The predicted octanol–water partition coefficient (Wildman–Crippen LogP) is 1.31. The molecule has 0 aromatic heterocycles. The molecule has 6 heteroatoms. The van der Waals surface area contributed by atoms with Crippen LogP contribution in [-0.2, 0) is 9.59 Å². The zero-order valence-corrected chi connectivity index (χ0v) is 6.16. The molecule has 0 radical (unpaired) electrons. The highest BCUT2D eigenvalue weighted by atomic mass is 35.5. The fourth-order valence-electron chi connectivity index (χ4n) is 0.331. The van der Waals surface area contributed by atoms with E-state index in [9.17, 15) is 22.8 Å². The van der Waals surface area contributed by atoms with Gasteiger partial charge in [0.25, 0.3) is 5.78 Å². The van der Waals surface area contributed by atoms with E-state index in [1.807, 2.05) is 0 Å². The van der Waals surface area contributed by atoms with Crippen LogP contribution in [0.4, 0.5) is 13.2 Å². The van der Waals surface area contributed by atoms with Crippen LogP contribution in [0.5, 0.6) is 0 Å². The maximum absolute atomic E-state index is 11.5. The van der Waals surface area contributed by atoms with Crippen LogP contribution in [0.25, 0.3) is 0 Å². The summed E-state index contributed by atoms with van der Waals surface area (Å²) in [4.78, 5) is 17.6. The van der Waals surface area contributed by atoms with Gasteiger partial charge in [-0.1, -0.05) is 0 Å². The van der Waals surface area contributed by atoms with Crippen LogP contribution in [0.15, 0.2) is 0 Å². The fourth-order valence-corrected chi connectivity index (χ4v) is 0.438. The van der Waals surface area contributed by atoms with Gasteiger partial charge in [0.2, 0.25) is 0 Å². The van der Waals surface area contributed by atoms with Crippen LogP contribution in [0, 0.1) is 0 Å². The number of carbonyl (C=O) groups excluding carboxylic acids is 2. The van der Waals surface area contributed by atoms with Gasteiger partial charge in [-0.05, 0) is 6.92 Å². The molecule has 0 amide bonds.